The minimum Gasteiger partial charge on any atom is -0.323 e. The molecule has 1 aliphatic rings. The Labute approximate surface area is 123 Å². The SMILES string of the molecule is Clc1ccc2nc(C3CC3)n(Cc3ccccc3)c2c1. The lowest BCUT2D eigenvalue weighted by atomic mass is 10.2. The van der Waals surface area contributed by atoms with Crippen LogP contribution < -0.4 is 0 Å². The third kappa shape index (κ3) is 2.10. The third-order valence-corrected chi connectivity index (χ3v) is 4.10. The monoisotopic (exact) mass is 282 g/mol. The molecule has 0 N–H and O–H groups in total. The molecule has 1 aromatic heterocycles. The zero-order valence-corrected chi connectivity index (χ0v) is 11.8. The molecule has 100 valence electrons. The number of rotatable bonds is 3. The molecule has 0 radical (unpaired) electrons. The molecule has 0 atom stereocenters. The van der Waals surface area contributed by atoms with Gasteiger partial charge in [0.2, 0.25) is 0 Å². The molecule has 0 bridgehead atoms. The molecule has 2 aromatic carbocycles. The molecule has 3 heteroatoms. The standard InChI is InChI=1S/C17H15ClN2/c18-14-8-9-15-16(10-14)20(17(19-15)13-6-7-13)11-12-4-2-1-3-5-12/h1-5,8-10,13H,6-7,11H2. The second kappa shape index (κ2) is 4.64. The maximum Gasteiger partial charge on any atom is 0.113 e. The summed E-state index contributed by atoms with van der Waals surface area (Å²) in [5.74, 6) is 1.84. The second-order valence-corrected chi connectivity index (χ2v) is 5.89. The molecule has 1 aliphatic carbocycles. The molecule has 20 heavy (non-hydrogen) atoms. The Morgan fingerprint density at radius 2 is 1.90 bits per heavy atom. The highest BCUT2D eigenvalue weighted by Crippen LogP contribution is 2.41. The van der Waals surface area contributed by atoms with Crippen LogP contribution >= 0.6 is 11.6 Å². The van der Waals surface area contributed by atoms with E-state index in [1.165, 1.54) is 24.2 Å². The molecule has 0 saturated heterocycles. The van der Waals surface area contributed by atoms with Gasteiger partial charge in [-0.05, 0) is 36.6 Å². The largest absolute Gasteiger partial charge is 0.323 e. The Kier molecular flexibility index (Phi) is 2.78. The fraction of sp³-hybridized carbons (Fsp3) is 0.235. The minimum atomic E-state index is 0.630. The summed E-state index contributed by atoms with van der Waals surface area (Å²) in [4.78, 5) is 4.82. The minimum absolute atomic E-state index is 0.630. The van der Waals surface area contributed by atoms with Gasteiger partial charge in [0.1, 0.15) is 5.82 Å². The van der Waals surface area contributed by atoms with Crippen LogP contribution in [0.1, 0.15) is 30.1 Å². The topological polar surface area (TPSA) is 17.8 Å². The third-order valence-electron chi connectivity index (χ3n) is 3.87. The number of aromatic nitrogens is 2. The van der Waals surface area contributed by atoms with E-state index in [4.69, 9.17) is 16.6 Å². The Hall–Kier alpha value is -1.80. The number of hydrogen-bond donors (Lipinski definition) is 0. The lowest BCUT2D eigenvalue weighted by Crippen LogP contribution is -2.04. The van der Waals surface area contributed by atoms with Crippen molar-refractivity contribution in [2.45, 2.75) is 25.3 Å². The van der Waals surface area contributed by atoms with Gasteiger partial charge in [-0.2, -0.15) is 0 Å². The van der Waals surface area contributed by atoms with Crippen LogP contribution in [0, 0.1) is 0 Å². The van der Waals surface area contributed by atoms with Gasteiger partial charge in [0.25, 0.3) is 0 Å². The van der Waals surface area contributed by atoms with Crippen molar-refractivity contribution >= 4 is 22.6 Å². The molecule has 1 heterocycles. The van der Waals surface area contributed by atoms with E-state index < -0.39 is 0 Å². The van der Waals surface area contributed by atoms with Crippen LogP contribution in [0.15, 0.2) is 48.5 Å². The summed E-state index contributed by atoms with van der Waals surface area (Å²) < 4.78 is 2.33. The number of fused-ring (bicyclic) bond motifs is 1. The van der Waals surface area contributed by atoms with E-state index in [-0.39, 0.29) is 0 Å². The van der Waals surface area contributed by atoms with E-state index in [2.05, 4.69) is 28.8 Å². The van der Waals surface area contributed by atoms with Crippen molar-refractivity contribution in [3.05, 3.63) is 64.9 Å². The fourth-order valence-electron chi connectivity index (χ4n) is 2.70. The van der Waals surface area contributed by atoms with E-state index in [9.17, 15) is 0 Å². The molecular weight excluding hydrogens is 268 g/mol. The van der Waals surface area contributed by atoms with E-state index in [1.807, 2.05) is 24.3 Å². The van der Waals surface area contributed by atoms with Crippen LogP contribution in [0.25, 0.3) is 11.0 Å². The quantitative estimate of drug-likeness (QED) is 0.686. The average molecular weight is 283 g/mol. The summed E-state index contributed by atoms with van der Waals surface area (Å²) in [5, 5.41) is 0.772. The van der Waals surface area contributed by atoms with Crippen LogP contribution in [0.3, 0.4) is 0 Å². The second-order valence-electron chi connectivity index (χ2n) is 5.45. The Morgan fingerprint density at radius 1 is 1.10 bits per heavy atom. The van der Waals surface area contributed by atoms with Gasteiger partial charge in [0, 0.05) is 17.5 Å². The molecule has 0 aliphatic heterocycles. The van der Waals surface area contributed by atoms with Crippen molar-refractivity contribution in [1.29, 1.82) is 0 Å². The van der Waals surface area contributed by atoms with Crippen LogP contribution in [0.5, 0.6) is 0 Å². The highest BCUT2D eigenvalue weighted by molar-refractivity contribution is 6.31. The molecule has 3 aromatic rings. The Balaban J connectivity index is 1.86. The van der Waals surface area contributed by atoms with E-state index in [0.29, 0.717) is 5.92 Å². The predicted molar refractivity (Wildman–Crippen MR) is 82.3 cm³/mol. The molecule has 1 fully saturated rings. The maximum absolute atomic E-state index is 6.16. The van der Waals surface area contributed by atoms with Crippen molar-refractivity contribution < 1.29 is 0 Å². The average Bonchev–Trinajstić information content (AvgIpc) is 3.25. The van der Waals surface area contributed by atoms with Crippen molar-refractivity contribution in [3.63, 3.8) is 0 Å². The van der Waals surface area contributed by atoms with Gasteiger partial charge in [0.15, 0.2) is 0 Å². The summed E-state index contributed by atoms with van der Waals surface area (Å²) in [6, 6.07) is 16.5. The smallest absolute Gasteiger partial charge is 0.113 e. The van der Waals surface area contributed by atoms with E-state index >= 15 is 0 Å². The molecule has 2 nitrogen and oxygen atoms in total. The molecule has 4 rings (SSSR count). The zero-order valence-electron chi connectivity index (χ0n) is 11.1. The number of halogens is 1. The summed E-state index contributed by atoms with van der Waals surface area (Å²) >= 11 is 6.16. The maximum atomic E-state index is 6.16. The number of imidazole rings is 1. The van der Waals surface area contributed by atoms with E-state index in [1.54, 1.807) is 0 Å². The highest BCUT2D eigenvalue weighted by Gasteiger charge is 2.29. The van der Waals surface area contributed by atoms with Crippen LogP contribution in [0.2, 0.25) is 5.02 Å². The van der Waals surface area contributed by atoms with Crippen molar-refractivity contribution in [2.24, 2.45) is 0 Å². The number of hydrogen-bond acceptors (Lipinski definition) is 1. The normalized spacial score (nSPS) is 14.8. The van der Waals surface area contributed by atoms with Crippen molar-refractivity contribution in [3.8, 4) is 0 Å². The summed E-state index contributed by atoms with van der Waals surface area (Å²) in [6.45, 7) is 0.865. The van der Waals surface area contributed by atoms with Crippen molar-refractivity contribution in [1.82, 2.24) is 9.55 Å². The van der Waals surface area contributed by atoms with Crippen molar-refractivity contribution in [2.75, 3.05) is 0 Å². The van der Waals surface area contributed by atoms with Gasteiger partial charge in [-0.15, -0.1) is 0 Å². The van der Waals surface area contributed by atoms with E-state index in [0.717, 1.165) is 22.6 Å². The highest BCUT2D eigenvalue weighted by atomic mass is 35.5. The first-order valence-corrected chi connectivity index (χ1v) is 7.39. The van der Waals surface area contributed by atoms with Gasteiger partial charge >= 0.3 is 0 Å². The first-order chi connectivity index (χ1) is 9.81. The predicted octanol–water partition coefficient (Wildman–Crippen LogP) is 4.62. The summed E-state index contributed by atoms with van der Waals surface area (Å²) in [7, 11) is 0. The molecule has 0 spiro atoms. The molecule has 1 saturated carbocycles. The van der Waals surface area contributed by atoms with Gasteiger partial charge in [0.05, 0.1) is 11.0 Å². The lowest BCUT2D eigenvalue weighted by Gasteiger charge is -2.09. The summed E-state index contributed by atoms with van der Waals surface area (Å²) in [6.07, 6.45) is 2.51. The van der Waals surface area contributed by atoms with Gasteiger partial charge in [-0.1, -0.05) is 41.9 Å². The molecule has 0 amide bonds. The number of nitrogens with zero attached hydrogens (tertiary/aromatic N) is 2. The molecular formula is C17H15ClN2. The number of benzene rings is 2. The summed E-state index contributed by atoms with van der Waals surface area (Å²) in [5.41, 5.74) is 3.49. The fourth-order valence-corrected chi connectivity index (χ4v) is 2.87. The van der Waals surface area contributed by atoms with Gasteiger partial charge in [-0.3, -0.25) is 0 Å². The zero-order chi connectivity index (χ0) is 13.5. The molecule has 0 unspecified atom stereocenters. The first kappa shape index (κ1) is 12.0. The Morgan fingerprint density at radius 3 is 2.65 bits per heavy atom. The van der Waals surface area contributed by atoms with Gasteiger partial charge in [-0.25, -0.2) is 4.98 Å². The van der Waals surface area contributed by atoms with Crippen LogP contribution in [-0.4, -0.2) is 9.55 Å². The Bertz CT molecular complexity index is 757. The first-order valence-electron chi connectivity index (χ1n) is 7.01. The van der Waals surface area contributed by atoms with Crippen LogP contribution in [-0.2, 0) is 6.54 Å². The van der Waals surface area contributed by atoms with Gasteiger partial charge < -0.3 is 4.57 Å². The van der Waals surface area contributed by atoms with Crippen LogP contribution in [0.4, 0.5) is 0 Å². The lowest BCUT2D eigenvalue weighted by molar-refractivity contribution is 0.747.